The van der Waals surface area contributed by atoms with Gasteiger partial charge in [-0.25, -0.2) is 9.78 Å². The summed E-state index contributed by atoms with van der Waals surface area (Å²) in [6.07, 6.45) is 4.73. The summed E-state index contributed by atoms with van der Waals surface area (Å²) >= 11 is 0. The van der Waals surface area contributed by atoms with E-state index in [1.807, 2.05) is 44.2 Å². The fourth-order valence-electron chi connectivity index (χ4n) is 2.31. The number of hydrogen-bond donors (Lipinski definition) is 0. The third kappa shape index (κ3) is 6.71. The lowest BCUT2D eigenvalue weighted by atomic mass is 9.99. The van der Waals surface area contributed by atoms with E-state index < -0.39 is 5.60 Å². The maximum absolute atomic E-state index is 11.9. The fourth-order valence-corrected chi connectivity index (χ4v) is 2.31. The summed E-state index contributed by atoms with van der Waals surface area (Å²) < 4.78 is 0. The lowest BCUT2D eigenvalue weighted by Crippen LogP contribution is -2.27. The first-order valence-corrected chi connectivity index (χ1v) is 8.41. The molecular weight excluding hydrogens is 276 g/mol. The molecular formula is C19H30O3. The van der Waals surface area contributed by atoms with Crippen LogP contribution in [-0.4, -0.2) is 11.9 Å². The summed E-state index contributed by atoms with van der Waals surface area (Å²) in [6.45, 7) is 8.14. The van der Waals surface area contributed by atoms with Gasteiger partial charge in [0.25, 0.3) is 0 Å². The van der Waals surface area contributed by atoms with Gasteiger partial charge in [0.05, 0.1) is 6.10 Å². The van der Waals surface area contributed by atoms with Crippen molar-refractivity contribution in [2.45, 2.75) is 77.9 Å². The van der Waals surface area contributed by atoms with E-state index in [4.69, 9.17) is 9.78 Å². The van der Waals surface area contributed by atoms with E-state index in [0.717, 1.165) is 31.2 Å². The van der Waals surface area contributed by atoms with E-state index in [2.05, 4.69) is 13.8 Å². The highest BCUT2D eigenvalue weighted by Gasteiger charge is 2.25. The summed E-state index contributed by atoms with van der Waals surface area (Å²) in [6, 6.07) is 9.98. The summed E-state index contributed by atoms with van der Waals surface area (Å²) in [5.41, 5.74) is 0.530. The molecule has 3 heteroatoms. The Morgan fingerprint density at radius 1 is 1.14 bits per heavy atom. The van der Waals surface area contributed by atoms with Crippen LogP contribution in [0.5, 0.6) is 0 Å². The van der Waals surface area contributed by atoms with Gasteiger partial charge >= 0.3 is 0 Å². The van der Waals surface area contributed by atoms with Crippen molar-refractivity contribution < 1.29 is 14.6 Å². The van der Waals surface area contributed by atoms with Crippen LogP contribution in [0.25, 0.3) is 0 Å². The van der Waals surface area contributed by atoms with Crippen molar-refractivity contribution in [1.29, 1.82) is 0 Å². The van der Waals surface area contributed by atoms with Gasteiger partial charge in [0.1, 0.15) is 11.4 Å². The number of Topliss-reactive ketones (excluding diaryl/α,β-unsaturated/α-hetero) is 1. The highest BCUT2D eigenvalue weighted by molar-refractivity contribution is 5.78. The second-order valence-corrected chi connectivity index (χ2v) is 6.31. The first-order chi connectivity index (χ1) is 10.5. The van der Waals surface area contributed by atoms with E-state index in [1.54, 1.807) is 0 Å². The van der Waals surface area contributed by atoms with Gasteiger partial charge in [-0.1, -0.05) is 57.0 Å². The van der Waals surface area contributed by atoms with Gasteiger partial charge in [-0.15, -0.1) is 0 Å². The number of hydrogen-bond acceptors (Lipinski definition) is 3. The van der Waals surface area contributed by atoms with Crippen LogP contribution < -0.4 is 0 Å². The largest absolute Gasteiger partial charge is 0.300 e. The van der Waals surface area contributed by atoms with E-state index in [-0.39, 0.29) is 11.9 Å². The average Bonchev–Trinajstić information content (AvgIpc) is 2.52. The Kier molecular flexibility index (Phi) is 8.36. The van der Waals surface area contributed by atoms with E-state index in [0.29, 0.717) is 12.8 Å². The van der Waals surface area contributed by atoms with Gasteiger partial charge < -0.3 is 0 Å². The molecule has 1 atom stereocenters. The molecule has 1 aromatic rings. The molecule has 0 aromatic heterocycles. The third-order valence-corrected chi connectivity index (χ3v) is 3.74. The third-order valence-electron chi connectivity index (χ3n) is 3.74. The first-order valence-electron chi connectivity index (χ1n) is 8.41. The van der Waals surface area contributed by atoms with Gasteiger partial charge in [0.2, 0.25) is 0 Å². The fraction of sp³-hybridized carbons (Fsp3) is 0.632. The van der Waals surface area contributed by atoms with Crippen LogP contribution >= 0.6 is 0 Å². The summed E-state index contributed by atoms with van der Waals surface area (Å²) in [7, 11) is 0. The van der Waals surface area contributed by atoms with Crippen molar-refractivity contribution in [3.05, 3.63) is 35.9 Å². The molecule has 1 aromatic carbocycles. The van der Waals surface area contributed by atoms with E-state index >= 15 is 0 Å². The molecule has 0 N–H and O–H groups in total. The number of benzene rings is 1. The highest BCUT2D eigenvalue weighted by atomic mass is 17.2. The molecule has 0 bridgehead atoms. The topological polar surface area (TPSA) is 35.5 Å². The quantitative estimate of drug-likeness (QED) is 0.417. The van der Waals surface area contributed by atoms with Crippen LogP contribution in [0.3, 0.4) is 0 Å². The predicted molar refractivity (Wildman–Crippen MR) is 89.5 cm³/mol. The molecule has 124 valence electrons. The lowest BCUT2D eigenvalue weighted by molar-refractivity contribution is -0.382. The van der Waals surface area contributed by atoms with Crippen LogP contribution in [0.15, 0.2) is 30.3 Å². The number of unbranched alkanes of at least 4 members (excludes halogenated alkanes) is 1. The van der Waals surface area contributed by atoms with Crippen molar-refractivity contribution in [2.75, 3.05) is 0 Å². The Bertz CT molecular complexity index is 426. The van der Waals surface area contributed by atoms with Gasteiger partial charge in [-0.3, -0.25) is 4.79 Å². The lowest BCUT2D eigenvalue weighted by Gasteiger charge is -2.27. The highest BCUT2D eigenvalue weighted by Crippen LogP contribution is 2.26. The molecule has 0 spiro atoms. The van der Waals surface area contributed by atoms with Crippen LogP contribution in [0.2, 0.25) is 0 Å². The molecule has 0 amide bonds. The zero-order chi connectivity index (χ0) is 16.4. The minimum absolute atomic E-state index is 0.155. The van der Waals surface area contributed by atoms with Crippen molar-refractivity contribution in [3.63, 3.8) is 0 Å². The number of rotatable bonds is 11. The molecule has 1 rings (SSSR count). The van der Waals surface area contributed by atoms with Gasteiger partial charge in [0.15, 0.2) is 0 Å². The van der Waals surface area contributed by atoms with E-state index in [9.17, 15) is 4.79 Å². The number of carbonyl (C=O) groups is 1. The molecule has 0 aliphatic carbocycles. The van der Waals surface area contributed by atoms with Crippen LogP contribution in [-0.2, 0) is 20.2 Å². The van der Waals surface area contributed by atoms with Crippen molar-refractivity contribution in [3.8, 4) is 0 Å². The zero-order valence-electron chi connectivity index (χ0n) is 14.4. The molecule has 0 aliphatic rings. The Labute approximate surface area is 134 Å². The molecule has 0 heterocycles. The minimum Gasteiger partial charge on any atom is -0.300 e. The Hall–Kier alpha value is -1.19. The molecule has 22 heavy (non-hydrogen) atoms. The van der Waals surface area contributed by atoms with Crippen molar-refractivity contribution in [1.82, 2.24) is 0 Å². The second kappa shape index (κ2) is 9.75. The molecule has 0 unspecified atom stereocenters. The smallest absolute Gasteiger partial charge is 0.135 e. The standard InChI is InChI=1S/C19H30O3/c1-5-7-14-17(20)15-18(11-6-2)21-22-19(3,4)16-12-9-8-10-13-16/h8-10,12-13,18H,5-7,11,14-15H2,1-4H3/t18-/m1/s1. The monoisotopic (exact) mass is 306 g/mol. The van der Waals surface area contributed by atoms with E-state index in [1.165, 1.54) is 0 Å². The SMILES string of the molecule is CCCCC(=O)C[C@@H](CCC)OOC(C)(C)c1ccccc1. The van der Waals surface area contributed by atoms with Crippen molar-refractivity contribution >= 4 is 5.78 Å². The summed E-state index contributed by atoms with van der Waals surface area (Å²) in [5.74, 6) is 0.265. The minimum atomic E-state index is -0.528. The van der Waals surface area contributed by atoms with Crippen LogP contribution in [0.1, 0.15) is 71.8 Å². The van der Waals surface area contributed by atoms with Crippen LogP contribution in [0.4, 0.5) is 0 Å². The van der Waals surface area contributed by atoms with Crippen LogP contribution in [0, 0.1) is 0 Å². The predicted octanol–water partition coefficient (Wildman–Crippen LogP) is 5.19. The second-order valence-electron chi connectivity index (χ2n) is 6.31. The molecule has 0 fully saturated rings. The molecule has 0 saturated carbocycles. The average molecular weight is 306 g/mol. The Morgan fingerprint density at radius 2 is 1.82 bits per heavy atom. The normalized spacial score (nSPS) is 13.1. The maximum atomic E-state index is 11.9. The first kappa shape index (κ1) is 18.9. The Balaban J connectivity index is 2.54. The maximum Gasteiger partial charge on any atom is 0.135 e. The van der Waals surface area contributed by atoms with Gasteiger partial charge in [0, 0.05) is 12.8 Å². The van der Waals surface area contributed by atoms with Crippen molar-refractivity contribution in [2.24, 2.45) is 0 Å². The summed E-state index contributed by atoms with van der Waals surface area (Å²) in [5, 5.41) is 0. The molecule has 3 nitrogen and oxygen atoms in total. The number of carbonyl (C=O) groups excluding carboxylic acids is 1. The van der Waals surface area contributed by atoms with Gasteiger partial charge in [-0.05, 0) is 32.3 Å². The summed E-state index contributed by atoms with van der Waals surface area (Å²) in [4.78, 5) is 23.3. The molecule has 0 saturated heterocycles. The molecule has 0 radical (unpaired) electrons. The molecule has 0 aliphatic heterocycles. The zero-order valence-corrected chi connectivity index (χ0v) is 14.4. The van der Waals surface area contributed by atoms with Gasteiger partial charge in [-0.2, -0.15) is 0 Å². The number of ketones is 1. The Morgan fingerprint density at radius 3 is 2.41 bits per heavy atom.